The maximum atomic E-state index is 4.78. The Kier molecular flexibility index (Phi) is 6.30. The Bertz CT molecular complexity index is 1230. The number of fused-ring (bicyclic) bond motifs is 1. The van der Waals surface area contributed by atoms with E-state index in [1.807, 2.05) is 37.0 Å². The van der Waals surface area contributed by atoms with Crippen molar-refractivity contribution in [3.63, 3.8) is 0 Å². The zero-order valence-electron chi connectivity index (χ0n) is 19.3. The number of nitrogens with zero attached hydrogens (tertiary/aromatic N) is 6. The molecule has 3 aromatic heterocycles. The van der Waals surface area contributed by atoms with Crippen LogP contribution in [0.3, 0.4) is 0 Å². The highest BCUT2D eigenvalue weighted by molar-refractivity contribution is 7.16. The van der Waals surface area contributed by atoms with Crippen LogP contribution in [0.5, 0.6) is 0 Å². The highest BCUT2D eigenvalue weighted by Crippen LogP contribution is 2.28. The van der Waals surface area contributed by atoms with Crippen LogP contribution in [0.4, 0.5) is 11.8 Å². The van der Waals surface area contributed by atoms with E-state index in [4.69, 9.17) is 4.98 Å². The largest absolute Gasteiger partial charge is 0.309 e. The number of piperazine rings is 1. The number of rotatable bonds is 6. The highest BCUT2D eigenvalue weighted by Gasteiger charge is 2.18. The molecule has 0 saturated carbocycles. The normalized spacial score (nSPS) is 15.4. The lowest BCUT2D eigenvalue weighted by Crippen LogP contribution is -2.48. The number of pyridine rings is 1. The lowest BCUT2D eigenvalue weighted by molar-refractivity contribution is 0.104. The molecule has 0 atom stereocenters. The third-order valence-corrected chi connectivity index (χ3v) is 6.98. The maximum Gasteiger partial charge on any atom is 0.228 e. The van der Waals surface area contributed by atoms with Gasteiger partial charge < -0.3 is 5.32 Å². The summed E-state index contributed by atoms with van der Waals surface area (Å²) in [5, 5.41) is 3.26. The molecule has 1 N–H and O–H groups in total. The minimum Gasteiger partial charge on any atom is -0.309 e. The number of hydrogen-bond acceptors (Lipinski definition) is 8. The number of aromatic nitrogens is 4. The van der Waals surface area contributed by atoms with E-state index >= 15 is 0 Å². The van der Waals surface area contributed by atoms with Crippen molar-refractivity contribution < 1.29 is 0 Å². The molecule has 1 fully saturated rings. The molecule has 33 heavy (non-hydrogen) atoms. The van der Waals surface area contributed by atoms with Gasteiger partial charge in [-0.1, -0.05) is 12.1 Å². The van der Waals surface area contributed by atoms with Crippen LogP contribution < -0.4 is 5.32 Å². The second-order valence-electron chi connectivity index (χ2n) is 8.84. The minimum absolute atomic E-state index is 0.546. The van der Waals surface area contributed by atoms with Crippen LogP contribution in [0.15, 0.2) is 48.2 Å². The Hall–Kier alpha value is -2.94. The molecule has 4 heterocycles. The molecule has 1 aromatic carbocycles. The minimum atomic E-state index is 0.546. The van der Waals surface area contributed by atoms with Gasteiger partial charge in [-0.3, -0.25) is 9.80 Å². The van der Waals surface area contributed by atoms with Gasteiger partial charge in [-0.15, -0.1) is 11.3 Å². The number of nitrogens with one attached hydrogen (secondary N) is 1. The molecule has 0 aliphatic carbocycles. The van der Waals surface area contributed by atoms with E-state index in [9.17, 15) is 0 Å². The molecule has 8 heteroatoms. The van der Waals surface area contributed by atoms with Crippen LogP contribution in [-0.2, 0) is 6.54 Å². The Morgan fingerprint density at radius 3 is 2.61 bits per heavy atom. The van der Waals surface area contributed by atoms with Crippen molar-refractivity contribution in [2.75, 3.05) is 31.5 Å². The zero-order chi connectivity index (χ0) is 22.8. The fourth-order valence-corrected chi connectivity index (χ4v) is 4.92. The standard InChI is InChI=1S/C25H29N7S/c1-17(2)32-10-8-31(9-11-32)15-19-4-7-23(26-14-19)29-25-27-13-18(3)24(30-25)20-5-6-21-22(12-20)33-16-28-21/h4-7,12-14,16-17H,8-11,15H2,1-3H3,(H,26,27,29,30). The third-order valence-electron chi connectivity index (χ3n) is 6.18. The summed E-state index contributed by atoms with van der Waals surface area (Å²) in [6.07, 6.45) is 3.80. The first-order chi connectivity index (χ1) is 16.0. The number of anilines is 2. The van der Waals surface area contributed by atoms with Crippen LogP contribution in [0.1, 0.15) is 25.0 Å². The lowest BCUT2D eigenvalue weighted by atomic mass is 10.1. The van der Waals surface area contributed by atoms with E-state index in [0.717, 1.165) is 65.6 Å². The van der Waals surface area contributed by atoms with E-state index in [-0.39, 0.29) is 0 Å². The summed E-state index contributed by atoms with van der Waals surface area (Å²) in [5.41, 5.74) is 7.12. The first kappa shape index (κ1) is 21.9. The van der Waals surface area contributed by atoms with Crippen LogP contribution >= 0.6 is 11.3 Å². The lowest BCUT2D eigenvalue weighted by Gasteiger charge is -2.36. The summed E-state index contributed by atoms with van der Waals surface area (Å²) in [6.45, 7) is 12.0. The monoisotopic (exact) mass is 459 g/mol. The average molecular weight is 460 g/mol. The van der Waals surface area contributed by atoms with Gasteiger partial charge in [0.2, 0.25) is 5.95 Å². The van der Waals surface area contributed by atoms with E-state index in [2.05, 4.69) is 62.1 Å². The number of thiazole rings is 1. The molecule has 5 rings (SSSR count). The molecule has 0 spiro atoms. The van der Waals surface area contributed by atoms with Gasteiger partial charge in [0, 0.05) is 56.7 Å². The van der Waals surface area contributed by atoms with E-state index in [1.165, 1.54) is 5.56 Å². The predicted octanol–water partition coefficient (Wildman–Crippen LogP) is 4.73. The Balaban J connectivity index is 1.25. The van der Waals surface area contributed by atoms with Gasteiger partial charge in [0.1, 0.15) is 5.82 Å². The third kappa shape index (κ3) is 5.03. The van der Waals surface area contributed by atoms with Crippen molar-refractivity contribution in [1.29, 1.82) is 0 Å². The smallest absolute Gasteiger partial charge is 0.228 e. The van der Waals surface area contributed by atoms with Crippen molar-refractivity contribution >= 4 is 33.3 Å². The molecule has 170 valence electrons. The van der Waals surface area contributed by atoms with Gasteiger partial charge in [-0.25, -0.2) is 19.9 Å². The highest BCUT2D eigenvalue weighted by atomic mass is 32.1. The molecule has 0 radical (unpaired) electrons. The maximum absolute atomic E-state index is 4.78. The predicted molar refractivity (Wildman–Crippen MR) is 135 cm³/mol. The Labute approximate surface area is 198 Å². The molecule has 0 amide bonds. The fourth-order valence-electron chi connectivity index (χ4n) is 4.20. The van der Waals surface area contributed by atoms with Gasteiger partial charge in [0.05, 0.1) is 21.4 Å². The molecule has 7 nitrogen and oxygen atoms in total. The van der Waals surface area contributed by atoms with Crippen molar-refractivity contribution in [2.24, 2.45) is 0 Å². The first-order valence-electron chi connectivity index (χ1n) is 11.4. The quantitative estimate of drug-likeness (QED) is 0.447. The first-order valence-corrected chi connectivity index (χ1v) is 12.3. The molecule has 0 unspecified atom stereocenters. The number of benzene rings is 1. The SMILES string of the molecule is Cc1cnc(Nc2ccc(CN3CCN(C(C)C)CC3)cn2)nc1-c1ccc2ncsc2c1. The fraction of sp³-hybridized carbons (Fsp3) is 0.360. The van der Waals surface area contributed by atoms with Gasteiger partial charge >= 0.3 is 0 Å². The summed E-state index contributed by atoms with van der Waals surface area (Å²) in [4.78, 5) is 23.2. The van der Waals surface area contributed by atoms with E-state index < -0.39 is 0 Å². The van der Waals surface area contributed by atoms with Crippen LogP contribution in [0.2, 0.25) is 0 Å². The van der Waals surface area contributed by atoms with Crippen molar-refractivity contribution in [3.8, 4) is 11.3 Å². The van der Waals surface area contributed by atoms with Crippen molar-refractivity contribution in [1.82, 2.24) is 29.7 Å². The molecule has 1 saturated heterocycles. The molecule has 1 aliphatic heterocycles. The van der Waals surface area contributed by atoms with Gasteiger partial charge in [0.25, 0.3) is 0 Å². The van der Waals surface area contributed by atoms with Crippen molar-refractivity contribution in [3.05, 3.63) is 59.4 Å². The van der Waals surface area contributed by atoms with E-state index in [0.29, 0.717) is 12.0 Å². The summed E-state index contributed by atoms with van der Waals surface area (Å²) >= 11 is 1.64. The van der Waals surface area contributed by atoms with Gasteiger partial charge in [0.15, 0.2) is 0 Å². The summed E-state index contributed by atoms with van der Waals surface area (Å²) in [7, 11) is 0. The van der Waals surface area contributed by atoms with E-state index in [1.54, 1.807) is 11.3 Å². The van der Waals surface area contributed by atoms with Gasteiger partial charge in [-0.2, -0.15) is 0 Å². The number of aryl methyl sites for hydroxylation is 1. The molecular weight excluding hydrogens is 430 g/mol. The molecule has 0 bridgehead atoms. The average Bonchev–Trinajstić information content (AvgIpc) is 3.30. The van der Waals surface area contributed by atoms with Crippen molar-refractivity contribution in [2.45, 2.75) is 33.4 Å². The van der Waals surface area contributed by atoms with Crippen LogP contribution in [-0.4, -0.2) is 62.0 Å². The molecule has 1 aliphatic rings. The Morgan fingerprint density at radius 1 is 1.00 bits per heavy atom. The molecular formula is C25H29N7S. The molecule has 4 aromatic rings. The topological polar surface area (TPSA) is 70.1 Å². The van der Waals surface area contributed by atoms with Crippen LogP contribution in [0.25, 0.3) is 21.5 Å². The van der Waals surface area contributed by atoms with Crippen LogP contribution in [0, 0.1) is 6.92 Å². The Morgan fingerprint density at radius 2 is 1.85 bits per heavy atom. The summed E-state index contributed by atoms with van der Waals surface area (Å²) < 4.78 is 1.16. The number of hydrogen-bond donors (Lipinski definition) is 1. The zero-order valence-corrected chi connectivity index (χ0v) is 20.1. The second-order valence-corrected chi connectivity index (χ2v) is 9.73. The summed E-state index contributed by atoms with van der Waals surface area (Å²) in [5.74, 6) is 1.29. The second kappa shape index (κ2) is 9.51. The summed E-state index contributed by atoms with van der Waals surface area (Å²) in [6, 6.07) is 11.0. The van der Waals surface area contributed by atoms with Gasteiger partial charge in [-0.05, 0) is 50.1 Å².